The molecule has 0 aliphatic heterocycles. The first kappa shape index (κ1) is 16.0. The fourth-order valence-corrected chi connectivity index (χ4v) is 2.08. The molecule has 0 spiro atoms. The quantitative estimate of drug-likeness (QED) is 0.840. The number of benzene rings is 1. The maximum absolute atomic E-state index is 11.8. The van der Waals surface area contributed by atoms with E-state index >= 15 is 0 Å². The van der Waals surface area contributed by atoms with Crippen LogP contribution in [0.25, 0.3) is 0 Å². The van der Waals surface area contributed by atoms with E-state index in [-0.39, 0.29) is 18.5 Å². The lowest BCUT2D eigenvalue weighted by Gasteiger charge is -2.10. The molecule has 0 radical (unpaired) electrons. The van der Waals surface area contributed by atoms with E-state index in [4.69, 9.17) is 4.74 Å². The molecule has 22 heavy (non-hydrogen) atoms. The Morgan fingerprint density at radius 1 is 1.32 bits per heavy atom. The first-order valence-electron chi connectivity index (χ1n) is 7.07. The van der Waals surface area contributed by atoms with E-state index < -0.39 is 11.9 Å². The first-order valence-corrected chi connectivity index (χ1v) is 7.07. The topological polar surface area (TPSA) is 81.7 Å². The van der Waals surface area contributed by atoms with E-state index in [1.54, 1.807) is 19.1 Å². The number of hydrogen-bond acceptors (Lipinski definition) is 5. The second-order valence-electron chi connectivity index (χ2n) is 5.50. The molecule has 118 valence electrons. The highest BCUT2D eigenvalue weighted by Gasteiger charge is 2.40. The number of nitrogens with one attached hydrogen (secondary N) is 1. The lowest BCUT2D eigenvalue weighted by molar-refractivity contribution is -0.148. The summed E-state index contributed by atoms with van der Waals surface area (Å²) < 4.78 is 9.60. The van der Waals surface area contributed by atoms with Crippen LogP contribution >= 0.6 is 0 Å². The smallest absolute Gasteiger partial charge is 0.337 e. The van der Waals surface area contributed by atoms with Gasteiger partial charge in [-0.3, -0.25) is 9.59 Å². The molecule has 1 aliphatic carbocycles. The van der Waals surface area contributed by atoms with Gasteiger partial charge in [0, 0.05) is 5.69 Å². The molecule has 2 rings (SSSR count). The highest BCUT2D eigenvalue weighted by atomic mass is 16.5. The molecule has 1 aliphatic rings. The summed E-state index contributed by atoms with van der Waals surface area (Å²) in [6.45, 7) is 3.44. The minimum atomic E-state index is -0.482. The Kier molecular flexibility index (Phi) is 4.80. The molecule has 6 nitrogen and oxygen atoms in total. The molecule has 1 aromatic carbocycles. The molecular formula is C16H19NO5. The highest BCUT2D eigenvalue weighted by molar-refractivity contribution is 5.96. The maximum atomic E-state index is 11.8. The van der Waals surface area contributed by atoms with Gasteiger partial charge in [-0.15, -0.1) is 0 Å². The largest absolute Gasteiger partial charge is 0.465 e. The van der Waals surface area contributed by atoms with Gasteiger partial charge in [-0.25, -0.2) is 4.79 Å². The van der Waals surface area contributed by atoms with Crippen molar-refractivity contribution < 1.29 is 23.9 Å². The van der Waals surface area contributed by atoms with Crippen LogP contribution < -0.4 is 5.32 Å². The molecule has 0 saturated heterocycles. The maximum Gasteiger partial charge on any atom is 0.337 e. The van der Waals surface area contributed by atoms with E-state index in [0.29, 0.717) is 17.2 Å². The monoisotopic (exact) mass is 305 g/mol. The Hall–Kier alpha value is -2.37. The van der Waals surface area contributed by atoms with Crippen LogP contribution in [0.4, 0.5) is 5.69 Å². The fourth-order valence-electron chi connectivity index (χ4n) is 2.08. The average Bonchev–Trinajstić information content (AvgIpc) is 3.23. The van der Waals surface area contributed by atoms with Crippen molar-refractivity contribution in [3.63, 3.8) is 0 Å². The summed E-state index contributed by atoms with van der Waals surface area (Å²) >= 11 is 0. The number of rotatable bonds is 5. The van der Waals surface area contributed by atoms with Gasteiger partial charge in [-0.1, -0.05) is 13.0 Å². The Balaban J connectivity index is 1.93. The summed E-state index contributed by atoms with van der Waals surface area (Å²) in [5.74, 6) is -0.981. The van der Waals surface area contributed by atoms with Gasteiger partial charge in [-0.2, -0.15) is 0 Å². The summed E-state index contributed by atoms with van der Waals surface area (Å²) in [6.07, 6.45) is 0.820. The third kappa shape index (κ3) is 3.84. The molecule has 0 heterocycles. The fraction of sp³-hybridized carbons (Fsp3) is 0.438. The molecule has 1 N–H and O–H groups in total. The molecule has 0 aromatic heterocycles. The molecule has 1 aromatic rings. The third-order valence-electron chi connectivity index (χ3n) is 3.69. The normalized spacial score (nSPS) is 19.2. The van der Waals surface area contributed by atoms with Crippen molar-refractivity contribution >= 4 is 23.5 Å². The summed E-state index contributed by atoms with van der Waals surface area (Å²) in [6, 6.07) is 4.86. The van der Waals surface area contributed by atoms with Crippen molar-refractivity contribution in [2.75, 3.05) is 19.0 Å². The van der Waals surface area contributed by atoms with Crippen LogP contribution in [0.1, 0.15) is 29.3 Å². The van der Waals surface area contributed by atoms with E-state index in [0.717, 1.165) is 12.0 Å². The lowest BCUT2D eigenvalue weighted by atomic mass is 10.1. The van der Waals surface area contributed by atoms with Crippen molar-refractivity contribution in [1.82, 2.24) is 0 Å². The molecule has 2 atom stereocenters. The van der Waals surface area contributed by atoms with Crippen LogP contribution in [0.2, 0.25) is 0 Å². The number of ether oxygens (including phenoxy) is 2. The number of aryl methyl sites for hydroxylation is 1. The number of carbonyl (C=O) groups is 3. The van der Waals surface area contributed by atoms with Gasteiger partial charge >= 0.3 is 11.9 Å². The molecule has 0 unspecified atom stereocenters. The summed E-state index contributed by atoms with van der Waals surface area (Å²) in [7, 11) is 1.29. The van der Waals surface area contributed by atoms with E-state index in [2.05, 4.69) is 10.1 Å². The van der Waals surface area contributed by atoms with Gasteiger partial charge in [0.05, 0.1) is 18.6 Å². The van der Waals surface area contributed by atoms with Gasteiger partial charge < -0.3 is 14.8 Å². The Morgan fingerprint density at radius 2 is 2.00 bits per heavy atom. The minimum absolute atomic E-state index is 0.0720. The van der Waals surface area contributed by atoms with Crippen LogP contribution in [-0.2, 0) is 19.1 Å². The van der Waals surface area contributed by atoms with Gasteiger partial charge in [0.1, 0.15) is 0 Å². The average molecular weight is 305 g/mol. The third-order valence-corrected chi connectivity index (χ3v) is 3.69. The Morgan fingerprint density at radius 3 is 2.59 bits per heavy atom. The zero-order chi connectivity index (χ0) is 16.3. The number of carbonyl (C=O) groups excluding carboxylic acids is 3. The second-order valence-corrected chi connectivity index (χ2v) is 5.50. The van der Waals surface area contributed by atoms with E-state index in [1.165, 1.54) is 13.2 Å². The van der Waals surface area contributed by atoms with Crippen LogP contribution in [0, 0.1) is 18.8 Å². The second kappa shape index (κ2) is 6.60. The SMILES string of the molecule is COC(=O)c1ccc(C)c(NC(=O)COC(=O)[C@H]2C[C@H]2C)c1. The zero-order valence-corrected chi connectivity index (χ0v) is 12.8. The predicted molar refractivity (Wildman–Crippen MR) is 79.4 cm³/mol. The minimum Gasteiger partial charge on any atom is -0.465 e. The van der Waals surface area contributed by atoms with Crippen LogP contribution in [-0.4, -0.2) is 31.6 Å². The van der Waals surface area contributed by atoms with Crippen LogP contribution in [0.3, 0.4) is 0 Å². The van der Waals surface area contributed by atoms with Crippen molar-refractivity contribution in [3.8, 4) is 0 Å². The lowest BCUT2D eigenvalue weighted by Crippen LogP contribution is -2.22. The van der Waals surface area contributed by atoms with Crippen molar-refractivity contribution in [1.29, 1.82) is 0 Å². The summed E-state index contributed by atoms with van der Waals surface area (Å²) in [5, 5.41) is 2.63. The molecule has 0 bridgehead atoms. The van der Waals surface area contributed by atoms with Crippen molar-refractivity contribution in [2.24, 2.45) is 11.8 Å². The molecular weight excluding hydrogens is 286 g/mol. The van der Waals surface area contributed by atoms with Gasteiger partial charge in [0.15, 0.2) is 6.61 Å². The number of methoxy groups -OCH3 is 1. The Labute approximate surface area is 128 Å². The Bertz CT molecular complexity index is 611. The van der Waals surface area contributed by atoms with Crippen molar-refractivity contribution in [2.45, 2.75) is 20.3 Å². The number of amides is 1. The number of hydrogen-bond donors (Lipinski definition) is 1. The van der Waals surface area contributed by atoms with E-state index in [9.17, 15) is 14.4 Å². The molecule has 1 fully saturated rings. The highest BCUT2D eigenvalue weighted by Crippen LogP contribution is 2.38. The van der Waals surface area contributed by atoms with Gasteiger partial charge in [-0.05, 0) is 37.0 Å². The van der Waals surface area contributed by atoms with E-state index in [1.807, 2.05) is 6.92 Å². The predicted octanol–water partition coefficient (Wildman–Crippen LogP) is 1.92. The molecule has 6 heteroatoms. The molecule has 1 amide bonds. The van der Waals surface area contributed by atoms with Crippen molar-refractivity contribution in [3.05, 3.63) is 29.3 Å². The zero-order valence-electron chi connectivity index (χ0n) is 12.8. The van der Waals surface area contributed by atoms with Crippen LogP contribution in [0.15, 0.2) is 18.2 Å². The van der Waals surface area contributed by atoms with Gasteiger partial charge in [0.25, 0.3) is 5.91 Å². The first-order chi connectivity index (χ1) is 10.4. The van der Waals surface area contributed by atoms with Gasteiger partial charge in [0.2, 0.25) is 0 Å². The summed E-state index contributed by atoms with van der Waals surface area (Å²) in [4.78, 5) is 34.9. The standard InChI is InChI=1S/C16H19NO5/c1-9-4-5-11(15(19)21-3)7-13(9)17-14(18)8-22-16(20)12-6-10(12)2/h4-5,7,10,12H,6,8H2,1-3H3,(H,17,18)/t10-,12+/m1/s1. The number of anilines is 1. The number of esters is 2. The molecule has 1 saturated carbocycles. The van der Waals surface area contributed by atoms with Crippen LogP contribution in [0.5, 0.6) is 0 Å². The summed E-state index contributed by atoms with van der Waals surface area (Å²) in [5.41, 5.74) is 1.62.